The average molecular weight is 309 g/mol. The molecule has 0 aliphatic carbocycles. The van der Waals surface area contributed by atoms with Crippen molar-refractivity contribution in [1.82, 2.24) is 14.8 Å². The number of aromatic nitrogens is 1. The Morgan fingerprint density at radius 1 is 1.48 bits per heavy atom. The average Bonchev–Trinajstić information content (AvgIpc) is 2.93. The van der Waals surface area contributed by atoms with Crippen molar-refractivity contribution in [2.45, 2.75) is 31.8 Å². The lowest BCUT2D eigenvalue weighted by molar-refractivity contribution is 0.0395. The Morgan fingerprint density at radius 3 is 3.05 bits per heavy atom. The molecule has 1 N–H and O–H groups in total. The molecule has 21 heavy (non-hydrogen) atoms. The van der Waals surface area contributed by atoms with Gasteiger partial charge in [0, 0.05) is 38.4 Å². The molecule has 6 heteroatoms. The number of carbonyl (C=O) groups is 1. The van der Waals surface area contributed by atoms with Crippen LogP contribution in [0.15, 0.2) is 12.3 Å². The maximum atomic E-state index is 12.9. The first-order valence-corrected chi connectivity index (χ1v) is 7.86. The fourth-order valence-corrected chi connectivity index (χ4v) is 3.55. The number of nitrogens with one attached hydrogen (secondary N) is 1. The zero-order valence-corrected chi connectivity index (χ0v) is 13.2. The third kappa shape index (κ3) is 2.72. The number of hydrogen-bond donors (Lipinski definition) is 1. The van der Waals surface area contributed by atoms with Crippen molar-refractivity contribution in [1.29, 1.82) is 0 Å². The zero-order chi connectivity index (χ0) is 15.0. The first kappa shape index (κ1) is 14.6. The number of fused-ring (bicyclic) bond motifs is 1. The zero-order valence-electron chi connectivity index (χ0n) is 12.5. The molecule has 0 aromatic carbocycles. The van der Waals surface area contributed by atoms with Crippen LogP contribution in [-0.4, -0.2) is 59.5 Å². The van der Waals surface area contributed by atoms with Crippen LogP contribution in [0, 0.1) is 0 Å². The van der Waals surface area contributed by atoms with E-state index < -0.39 is 0 Å². The highest BCUT2D eigenvalue weighted by atomic mass is 35.5. The van der Waals surface area contributed by atoms with Gasteiger partial charge in [-0.3, -0.25) is 9.69 Å². The number of pyridine rings is 1. The van der Waals surface area contributed by atoms with Gasteiger partial charge in [0.1, 0.15) is 5.82 Å². The fourth-order valence-electron chi connectivity index (χ4n) is 3.36. The standard InChI is InChI=1S/C15H21ClN4O/c1-10-8-19-5-3-4-11(19)9-20(10)15(21)12-6-14(17-2)18-7-13(12)16/h6-7,10-11H,3-5,8-9H2,1-2H3,(H,17,18). The Hall–Kier alpha value is -1.33. The second-order valence-corrected chi connectivity index (χ2v) is 6.30. The Morgan fingerprint density at radius 2 is 2.29 bits per heavy atom. The molecule has 114 valence electrons. The lowest BCUT2D eigenvalue weighted by Gasteiger charge is -2.42. The Labute approximate surface area is 130 Å². The van der Waals surface area contributed by atoms with Gasteiger partial charge >= 0.3 is 0 Å². The molecule has 1 aromatic rings. The number of halogens is 1. The van der Waals surface area contributed by atoms with Crippen LogP contribution in [0.3, 0.4) is 0 Å². The van der Waals surface area contributed by atoms with Crippen molar-refractivity contribution in [3.63, 3.8) is 0 Å². The van der Waals surface area contributed by atoms with E-state index in [0.29, 0.717) is 22.4 Å². The van der Waals surface area contributed by atoms with E-state index in [1.807, 2.05) is 4.90 Å². The highest BCUT2D eigenvalue weighted by Gasteiger charge is 2.37. The number of anilines is 1. The minimum absolute atomic E-state index is 0.0120. The van der Waals surface area contributed by atoms with E-state index >= 15 is 0 Å². The van der Waals surface area contributed by atoms with Crippen LogP contribution in [0.5, 0.6) is 0 Å². The number of piperazine rings is 1. The largest absolute Gasteiger partial charge is 0.373 e. The molecule has 1 aromatic heterocycles. The molecule has 0 saturated carbocycles. The minimum atomic E-state index is 0.0120. The molecule has 2 fully saturated rings. The lowest BCUT2D eigenvalue weighted by Crippen LogP contribution is -2.56. The van der Waals surface area contributed by atoms with Crippen molar-refractivity contribution >= 4 is 23.3 Å². The quantitative estimate of drug-likeness (QED) is 0.909. The monoisotopic (exact) mass is 308 g/mol. The molecule has 3 heterocycles. The first-order chi connectivity index (χ1) is 10.1. The molecule has 1 amide bonds. The van der Waals surface area contributed by atoms with E-state index in [0.717, 1.165) is 19.6 Å². The van der Waals surface area contributed by atoms with Gasteiger partial charge in [0.05, 0.1) is 10.6 Å². The summed E-state index contributed by atoms with van der Waals surface area (Å²) in [5, 5.41) is 3.37. The summed E-state index contributed by atoms with van der Waals surface area (Å²) in [6, 6.07) is 2.46. The van der Waals surface area contributed by atoms with Gasteiger partial charge in [-0.1, -0.05) is 11.6 Å². The highest BCUT2D eigenvalue weighted by Crippen LogP contribution is 2.27. The molecule has 2 atom stereocenters. The van der Waals surface area contributed by atoms with Crippen molar-refractivity contribution in [3.05, 3.63) is 22.8 Å². The van der Waals surface area contributed by atoms with Gasteiger partial charge in [0.25, 0.3) is 5.91 Å². The molecule has 0 bridgehead atoms. The maximum Gasteiger partial charge on any atom is 0.255 e. The molecule has 2 saturated heterocycles. The van der Waals surface area contributed by atoms with Gasteiger partial charge in [0.2, 0.25) is 0 Å². The van der Waals surface area contributed by atoms with Crippen molar-refractivity contribution in [3.8, 4) is 0 Å². The van der Waals surface area contributed by atoms with E-state index in [4.69, 9.17) is 11.6 Å². The van der Waals surface area contributed by atoms with Crippen molar-refractivity contribution in [2.75, 3.05) is 32.0 Å². The maximum absolute atomic E-state index is 12.9. The number of rotatable bonds is 2. The van der Waals surface area contributed by atoms with Crippen LogP contribution in [-0.2, 0) is 0 Å². The van der Waals surface area contributed by atoms with E-state index in [9.17, 15) is 4.79 Å². The van der Waals surface area contributed by atoms with Crippen LogP contribution in [0.1, 0.15) is 30.1 Å². The normalized spacial score (nSPS) is 25.8. The Kier molecular flexibility index (Phi) is 4.04. The third-order valence-corrected chi connectivity index (χ3v) is 4.84. The van der Waals surface area contributed by atoms with Crippen LogP contribution in [0.4, 0.5) is 5.82 Å². The predicted molar refractivity (Wildman–Crippen MR) is 83.9 cm³/mol. The number of carbonyl (C=O) groups excluding carboxylic acids is 1. The minimum Gasteiger partial charge on any atom is -0.373 e. The van der Waals surface area contributed by atoms with Crippen LogP contribution in [0.2, 0.25) is 5.02 Å². The smallest absolute Gasteiger partial charge is 0.255 e. The summed E-state index contributed by atoms with van der Waals surface area (Å²) in [7, 11) is 1.78. The third-order valence-electron chi connectivity index (χ3n) is 4.54. The Bertz CT molecular complexity index is 550. The number of nitrogens with zero attached hydrogens (tertiary/aromatic N) is 3. The molecular weight excluding hydrogens is 288 g/mol. The van der Waals surface area contributed by atoms with Gasteiger partial charge < -0.3 is 10.2 Å². The second kappa shape index (κ2) is 5.81. The summed E-state index contributed by atoms with van der Waals surface area (Å²) in [5.41, 5.74) is 0.536. The number of hydrogen-bond acceptors (Lipinski definition) is 4. The van der Waals surface area contributed by atoms with E-state index in [2.05, 4.69) is 22.1 Å². The molecule has 0 spiro atoms. The predicted octanol–water partition coefficient (Wildman–Crippen LogP) is 2.09. The summed E-state index contributed by atoms with van der Waals surface area (Å²) in [5.74, 6) is 0.674. The Balaban J connectivity index is 1.84. The summed E-state index contributed by atoms with van der Waals surface area (Å²) in [6.07, 6.45) is 3.96. The van der Waals surface area contributed by atoms with Gasteiger partial charge in [-0.2, -0.15) is 0 Å². The van der Waals surface area contributed by atoms with Gasteiger partial charge in [0.15, 0.2) is 0 Å². The number of amides is 1. The summed E-state index contributed by atoms with van der Waals surface area (Å²) in [4.78, 5) is 21.5. The van der Waals surface area contributed by atoms with Crippen molar-refractivity contribution in [2.24, 2.45) is 0 Å². The summed E-state index contributed by atoms with van der Waals surface area (Å²) < 4.78 is 0. The van der Waals surface area contributed by atoms with E-state index in [-0.39, 0.29) is 11.9 Å². The SMILES string of the molecule is CNc1cc(C(=O)N2CC3CCCN3CC2C)c(Cl)cn1. The second-order valence-electron chi connectivity index (χ2n) is 5.90. The topological polar surface area (TPSA) is 48.5 Å². The molecule has 5 nitrogen and oxygen atoms in total. The molecule has 2 aliphatic heterocycles. The van der Waals surface area contributed by atoms with Gasteiger partial charge in [-0.05, 0) is 32.4 Å². The van der Waals surface area contributed by atoms with Crippen LogP contribution < -0.4 is 5.32 Å². The fraction of sp³-hybridized carbons (Fsp3) is 0.600. The molecule has 0 radical (unpaired) electrons. The van der Waals surface area contributed by atoms with Gasteiger partial charge in [-0.15, -0.1) is 0 Å². The molecular formula is C15H21ClN4O. The molecule has 3 rings (SSSR count). The summed E-state index contributed by atoms with van der Waals surface area (Å²) in [6.45, 7) is 5.03. The first-order valence-electron chi connectivity index (χ1n) is 7.48. The van der Waals surface area contributed by atoms with E-state index in [1.165, 1.54) is 19.0 Å². The van der Waals surface area contributed by atoms with Crippen molar-refractivity contribution < 1.29 is 4.79 Å². The molecule has 2 aliphatic rings. The highest BCUT2D eigenvalue weighted by molar-refractivity contribution is 6.33. The molecule has 2 unspecified atom stereocenters. The van der Waals surface area contributed by atoms with Crippen LogP contribution >= 0.6 is 11.6 Å². The summed E-state index contributed by atoms with van der Waals surface area (Å²) >= 11 is 6.18. The van der Waals surface area contributed by atoms with E-state index in [1.54, 1.807) is 13.1 Å². The van der Waals surface area contributed by atoms with Gasteiger partial charge in [-0.25, -0.2) is 4.98 Å². The van der Waals surface area contributed by atoms with Crippen LogP contribution in [0.25, 0.3) is 0 Å². The lowest BCUT2D eigenvalue weighted by atomic mass is 10.1.